The lowest BCUT2D eigenvalue weighted by molar-refractivity contribution is 0.328. The van der Waals surface area contributed by atoms with Crippen LogP contribution in [0.5, 0.6) is 5.75 Å². The third-order valence-electron chi connectivity index (χ3n) is 2.87. The van der Waals surface area contributed by atoms with Crippen LogP contribution in [0.2, 0.25) is 0 Å². The van der Waals surface area contributed by atoms with E-state index in [9.17, 15) is 0 Å². The van der Waals surface area contributed by atoms with Crippen molar-refractivity contribution in [2.45, 2.75) is 26.8 Å². The summed E-state index contributed by atoms with van der Waals surface area (Å²) in [5.41, 5.74) is 3.78. The summed E-state index contributed by atoms with van der Waals surface area (Å²) in [6.07, 6.45) is 1.13. The minimum Gasteiger partial charge on any atom is -0.496 e. The van der Waals surface area contributed by atoms with Crippen LogP contribution in [0.15, 0.2) is 12.1 Å². The van der Waals surface area contributed by atoms with Crippen LogP contribution in [0.3, 0.4) is 0 Å². The first-order chi connectivity index (χ1) is 8.08. The zero-order chi connectivity index (χ0) is 12.8. The molecule has 0 aliphatic carbocycles. The second-order valence-electron chi connectivity index (χ2n) is 4.58. The summed E-state index contributed by atoms with van der Waals surface area (Å²) in [4.78, 5) is 2.33. The minimum atomic E-state index is 0.949. The number of thiol groups is 1. The molecule has 0 bridgehead atoms. The van der Waals surface area contributed by atoms with Crippen molar-refractivity contribution < 1.29 is 4.74 Å². The van der Waals surface area contributed by atoms with Crippen molar-refractivity contribution in [2.24, 2.45) is 0 Å². The summed E-state index contributed by atoms with van der Waals surface area (Å²) < 4.78 is 5.38. The number of nitrogens with zero attached hydrogens (tertiary/aromatic N) is 1. The Morgan fingerprint density at radius 3 is 2.29 bits per heavy atom. The lowest BCUT2D eigenvalue weighted by Crippen LogP contribution is -2.19. The molecule has 0 fully saturated rings. The Labute approximate surface area is 110 Å². The van der Waals surface area contributed by atoms with Gasteiger partial charge in [0.15, 0.2) is 0 Å². The van der Waals surface area contributed by atoms with Gasteiger partial charge in [0.1, 0.15) is 5.75 Å². The average Bonchev–Trinajstić information content (AvgIpc) is 2.26. The zero-order valence-corrected chi connectivity index (χ0v) is 12.2. The zero-order valence-electron chi connectivity index (χ0n) is 11.3. The van der Waals surface area contributed by atoms with Gasteiger partial charge >= 0.3 is 0 Å². The van der Waals surface area contributed by atoms with E-state index in [1.165, 1.54) is 16.7 Å². The maximum Gasteiger partial charge on any atom is 0.124 e. The second kappa shape index (κ2) is 6.92. The van der Waals surface area contributed by atoms with Crippen molar-refractivity contribution in [2.75, 3.05) is 26.5 Å². The van der Waals surface area contributed by atoms with Crippen LogP contribution in [0.4, 0.5) is 0 Å². The minimum absolute atomic E-state index is 0.949. The molecule has 3 heteroatoms. The Kier molecular flexibility index (Phi) is 5.86. The lowest BCUT2D eigenvalue weighted by Gasteiger charge is -2.18. The smallest absolute Gasteiger partial charge is 0.124 e. The Morgan fingerprint density at radius 2 is 1.82 bits per heavy atom. The van der Waals surface area contributed by atoms with E-state index in [1.807, 2.05) is 0 Å². The quantitative estimate of drug-likeness (QED) is 0.782. The highest BCUT2D eigenvalue weighted by molar-refractivity contribution is 7.80. The molecule has 0 saturated carbocycles. The Bertz CT molecular complexity index is 342. The first kappa shape index (κ1) is 14.4. The Hall–Kier alpha value is -0.670. The molecule has 0 radical (unpaired) electrons. The summed E-state index contributed by atoms with van der Waals surface area (Å²) in [7, 11) is 3.88. The molecule has 0 aliphatic heterocycles. The van der Waals surface area contributed by atoms with Crippen LogP contribution >= 0.6 is 12.6 Å². The SMILES string of the molecule is COc1c(C)cc(CN(C)CCCS)cc1C. The summed E-state index contributed by atoms with van der Waals surface area (Å²) in [6, 6.07) is 4.42. The molecule has 0 atom stereocenters. The fourth-order valence-corrected chi connectivity index (χ4v) is 2.33. The third-order valence-corrected chi connectivity index (χ3v) is 3.19. The van der Waals surface area contributed by atoms with E-state index in [-0.39, 0.29) is 0 Å². The predicted octanol–water partition coefficient (Wildman–Crippen LogP) is 3.06. The van der Waals surface area contributed by atoms with Crippen molar-refractivity contribution in [3.05, 3.63) is 28.8 Å². The van der Waals surface area contributed by atoms with Crippen LogP contribution in [0, 0.1) is 13.8 Å². The van der Waals surface area contributed by atoms with Gasteiger partial charge in [-0.2, -0.15) is 12.6 Å². The molecule has 1 rings (SSSR count). The molecule has 1 aromatic rings. The molecule has 0 unspecified atom stereocenters. The van der Waals surface area contributed by atoms with E-state index in [0.717, 1.165) is 31.0 Å². The largest absolute Gasteiger partial charge is 0.496 e. The van der Waals surface area contributed by atoms with Gasteiger partial charge in [0.25, 0.3) is 0 Å². The maximum absolute atomic E-state index is 5.38. The highest BCUT2D eigenvalue weighted by Gasteiger charge is 2.06. The number of hydrogen-bond donors (Lipinski definition) is 1. The van der Waals surface area contributed by atoms with Crippen LogP contribution in [0.1, 0.15) is 23.1 Å². The highest BCUT2D eigenvalue weighted by atomic mass is 32.1. The Balaban J connectivity index is 2.72. The number of hydrogen-bond acceptors (Lipinski definition) is 3. The topological polar surface area (TPSA) is 12.5 Å². The van der Waals surface area contributed by atoms with E-state index in [1.54, 1.807) is 7.11 Å². The average molecular weight is 253 g/mol. The number of aryl methyl sites for hydroxylation is 2. The van der Waals surface area contributed by atoms with Gasteiger partial charge in [0, 0.05) is 6.54 Å². The molecule has 0 spiro atoms. The number of rotatable bonds is 6. The summed E-state index contributed by atoms with van der Waals surface area (Å²) in [5, 5.41) is 0. The molecule has 96 valence electrons. The highest BCUT2D eigenvalue weighted by Crippen LogP contribution is 2.24. The van der Waals surface area contributed by atoms with Crippen LogP contribution < -0.4 is 4.74 Å². The van der Waals surface area contributed by atoms with Crippen molar-refractivity contribution in [3.8, 4) is 5.75 Å². The summed E-state index contributed by atoms with van der Waals surface area (Å²) in [6.45, 7) is 6.28. The van der Waals surface area contributed by atoms with Crippen LogP contribution in [-0.4, -0.2) is 31.4 Å². The lowest BCUT2D eigenvalue weighted by atomic mass is 10.1. The molecular formula is C14H23NOS. The monoisotopic (exact) mass is 253 g/mol. The van der Waals surface area contributed by atoms with Crippen molar-refractivity contribution in [3.63, 3.8) is 0 Å². The predicted molar refractivity (Wildman–Crippen MR) is 77.3 cm³/mol. The normalized spacial score (nSPS) is 10.9. The van der Waals surface area contributed by atoms with Gasteiger partial charge in [-0.05, 0) is 56.3 Å². The summed E-state index contributed by atoms with van der Waals surface area (Å²) in [5.74, 6) is 1.96. The van der Waals surface area contributed by atoms with Crippen LogP contribution in [-0.2, 0) is 6.54 Å². The van der Waals surface area contributed by atoms with E-state index in [2.05, 4.69) is 50.6 Å². The van der Waals surface area contributed by atoms with Gasteiger partial charge in [0.05, 0.1) is 7.11 Å². The number of methoxy groups -OCH3 is 1. The standard InChI is InChI=1S/C14H23NOS/c1-11-8-13(9-12(2)14(11)16-4)10-15(3)6-5-7-17/h8-9,17H,5-7,10H2,1-4H3. The molecular weight excluding hydrogens is 230 g/mol. The van der Waals surface area contributed by atoms with Crippen molar-refractivity contribution >= 4 is 12.6 Å². The van der Waals surface area contributed by atoms with E-state index >= 15 is 0 Å². The van der Waals surface area contributed by atoms with Gasteiger partial charge in [-0.15, -0.1) is 0 Å². The molecule has 0 saturated heterocycles. The number of benzene rings is 1. The first-order valence-corrected chi connectivity index (χ1v) is 6.65. The molecule has 0 heterocycles. The molecule has 1 aromatic carbocycles. The molecule has 0 amide bonds. The molecule has 0 aliphatic rings. The van der Waals surface area contributed by atoms with E-state index in [0.29, 0.717) is 0 Å². The first-order valence-electron chi connectivity index (χ1n) is 6.02. The molecule has 0 N–H and O–H groups in total. The van der Waals surface area contributed by atoms with Gasteiger partial charge in [-0.1, -0.05) is 12.1 Å². The summed E-state index contributed by atoms with van der Waals surface area (Å²) >= 11 is 4.24. The number of ether oxygens (including phenoxy) is 1. The van der Waals surface area contributed by atoms with Crippen molar-refractivity contribution in [1.82, 2.24) is 4.90 Å². The second-order valence-corrected chi connectivity index (χ2v) is 5.03. The molecule has 0 aromatic heterocycles. The fraction of sp³-hybridized carbons (Fsp3) is 0.571. The van der Waals surface area contributed by atoms with Gasteiger partial charge in [0.2, 0.25) is 0 Å². The third kappa shape index (κ3) is 4.25. The Morgan fingerprint density at radius 1 is 1.24 bits per heavy atom. The van der Waals surface area contributed by atoms with Crippen molar-refractivity contribution in [1.29, 1.82) is 0 Å². The fourth-order valence-electron chi connectivity index (χ4n) is 2.18. The van der Waals surface area contributed by atoms with Gasteiger partial charge in [-0.3, -0.25) is 0 Å². The van der Waals surface area contributed by atoms with Gasteiger partial charge in [-0.25, -0.2) is 0 Å². The van der Waals surface area contributed by atoms with E-state index in [4.69, 9.17) is 4.74 Å². The molecule has 17 heavy (non-hydrogen) atoms. The van der Waals surface area contributed by atoms with Gasteiger partial charge < -0.3 is 9.64 Å². The van der Waals surface area contributed by atoms with E-state index < -0.39 is 0 Å². The molecule has 2 nitrogen and oxygen atoms in total. The van der Waals surface area contributed by atoms with Crippen LogP contribution in [0.25, 0.3) is 0 Å². The maximum atomic E-state index is 5.38.